The number of rotatable bonds is 4. The van der Waals surface area contributed by atoms with Gasteiger partial charge in [-0.3, -0.25) is 4.68 Å². The van der Waals surface area contributed by atoms with E-state index in [1.807, 2.05) is 31.4 Å². The summed E-state index contributed by atoms with van der Waals surface area (Å²) in [5.41, 5.74) is 6.65. The Kier molecular flexibility index (Phi) is 3.66. The third-order valence-electron chi connectivity index (χ3n) is 2.42. The highest BCUT2D eigenvalue weighted by atomic mass is 35.5. The number of nitrogens with zero attached hydrogens (tertiary/aromatic N) is 2. The molecule has 0 bridgehead atoms. The molecule has 1 unspecified atom stereocenters. The lowest BCUT2D eigenvalue weighted by atomic mass is 10.2. The Bertz CT molecular complexity index is 498. The monoisotopic (exact) mass is 251 g/mol. The average Bonchev–Trinajstić information content (AvgIpc) is 2.75. The number of para-hydroxylation sites is 1. The predicted octanol–water partition coefficient (Wildman–Crippen LogP) is 2.15. The van der Waals surface area contributed by atoms with Crippen molar-refractivity contribution in [1.82, 2.24) is 9.78 Å². The second-order valence-corrected chi connectivity index (χ2v) is 4.13. The van der Waals surface area contributed by atoms with Gasteiger partial charge in [-0.2, -0.15) is 5.10 Å². The van der Waals surface area contributed by atoms with Crippen molar-refractivity contribution in [2.24, 2.45) is 12.8 Å². The molecule has 4 nitrogen and oxygen atoms in total. The summed E-state index contributed by atoms with van der Waals surface area (Å²) in [7, 11) is 1.85. The molecule has 0 aliphatic heterocycles. The Labute approximate surface area is 105 Å². The largest absolute Gasteiger partial charge is 0.483 e. The molecule has 1 aromatic carbocycles. The minimum Gasteiger partial charge on any atom is -0.483 e. The molecule has 1 aromatic heterocycles. The molecule has 0 aliphatic rings. The fourth-order valence-electron chi connectivity index (χ4n) is 1.55. The Balaban J connectivity index is 2.18. The van der Waals surface area contributed by atoms with Crippen LogP contribution in [-0.4, -0.2) is 16.3 Å². The van der Waals surface area contributed by atoms with Crippen molar-refractivity contribution in [2.45, 2.75) is 6.10 Å². The molecule has 1 atom stereocenters. The maximum Gasteiger partial charge on any atom is 0.139 e. The molecule has 2 aromatic rings. The van der Waals surface area contributed by atoms with E-state index in [2.05, 4.69) is 5.10 Å². The molecule has 0 saturated heterocycles. The van der Waals surface area contributed by atoms with Crippen LogP contribution >= 0.6 is 11.6 Å². The number of ether oxygens (including phenoxy) is 1. The van der Waals surface area contributed by atoms with E-state index in [4.69, 9.17) is 22.1 Å². The van der Waals surface area contributed by atoms with Crippen LogP contribution in [0.3, 0.4) is 0 Å². The van der Waals surface area contributed by atoms with Crippen LogP contribution in [0.25, 0.3) is 0 Å². The van der Waals surface area contributed by atoms with Gasteiger partial charge in [0.25, 0.3) is 0 Å². The van der Waals surface area contributed by atoms with Crippen LogP contribution in [0, 0.1) is 0 Å². The van der Waals surface area contributed by atoms with E-state index in [9.17, 15) is 0 Å². The number of halogens is 1. The first kappa shape index (κ1) is 12.0. The van der Waals surface area contributed by atoms with Gasteiger partial charge in [0.05, 0.1) is 11.2 Å². The van der Waals surface area contributed by atoms with Crippen molar-refractivity contribution in [2.75, 3.05) is 6.54 Å². The van der Waals surface area contributed by atoms with Gasteiger partial charge in [-0.05, 0) is 12.1 Å². The Morgan fingerprint density at radius 2 is 2.24 bits per heavy atom. The van der Waals surface area contributed by atoms with E-state index in [1.165, 1.54) is 0 Å². The van der Waals surface area contributed by atoms with Gasteiger partial charge in [0.1, 0.15) is 11.9 Å². The van der Waals surface area contributed by atoms with E-state index in [0.29, 0.717) is 17.3 Å². The van der Waals surface area contributed by atoms with Gasteiger partial charge in [-0.1, -0.05) is 23.7 Å². The van der Waals surface area contributed by atoms with Gasteiger partial charge in [-0.25, -0.2) is 0 Å². The van der Waals surface area contributed by atoms with E-state index in [1.54, 1.807) is 16.9 Å². The Hall–Kier alpha value is -1.52. The maximum absolute atomic E-state index is 6.03. The molecule has 0 aliphatic carbocycles. The van der Waals surface area contributed by atoms with Crippen molar-refractivity contribution < 1.29 is 4.74 Å². The van der Waals surface area contributed by atoms with Crippen LogP contribution in [-0.2, 0) is 7.05 Å². The topological polar surface area (TPSA) is 53.1 Å². The summed E-state index contributed by atoms with van der Waals surface area (Å²) in [6, 6.07) is 7.34. The first-order valence-electron chi connectivity index (χ1n) is 5.30. The molecular formula is C12H14ClN3O. The zero-order chi connectivity index (χ0) is 12.3. The number of nitrogens with two attached hydrogens (primary N) is 1. The van der Waals surface area contributed by atoms with Gasteiger partial charge in [0.2, 0.25) is 0 Å². The van der Waals surface area contributed by atoms with Crippen molar-refractivity contribution in [3.63, 3.8) is 0 Å². The van der Waals surface area contributed by atoms with Gasteiger partial charge in [0.15, 0.2) is 0 Å². The highest BCUT2D eigenvalue weighted by molar-refractivity contribution is 6.32. The molecule has 5 heteroatoms. The smallest absolute Gasteiger partial charge is 0.139 e. The molecule has 1 heterocycles. The summed E-state index contributed by atoms with van der Waals surface area (Å²) in [5, 5.41) is 4.68. The minimum atomic E-state index is -0.233. The molecule has 2 rings (SSSR count). The number of benzene rings is 1. The van der Waals surface area contributed by atoms with E-state index >= 15 is 0 Å². The lowest BCUT2D eigenvalue weighted by Crippen LogP contribution is -2.18. The SMILES string of the molecule is Cn1cc(C(CN)Oc2ccccc2Cl)cn1. The van der Waals surface area contributed by atoms with Crippen LogP contribution < -0.4 is 10.5 Å². The summed E-state index contributed by atoms with van der Waals surface area (Å²) < 4.78 is 7.50. The number of hydrogen-bond acceptors (Lipinski definition) is 3. The van der Waals surface area contributed by atoms with Crippen LogP contribution in [0.15, 0.2) is 36.7 Å². The van der Waals surface area contributed by atoms with E-state index in [0.717, 1.165) is 5.56 Å². The number of hydrogen-bond donors (Lipinski definition) is 1. The summed E-state index contributed by atoms with van der Waals surface area (Å²) >= 11 is 6.03. The first-order valence-corrected chi connectivity index (χ1v) is 5.68. The fourth-order valence-corrected chi connectivity index (χ4v) is 1.73. The molecule has 0 spiro atoms. The van der Waals surface area contributed by atoms with Crippen molar-refractivity contribution in [3.05, 3.63) is 47.2 Å². The fraction of sp³-hybridized carbons (Fsp3) is 0.250. The van der Waals surface area contributed by atoms with Crippen molar-refractivity contribution in [3.8, 4) is 5.75 Å². The zero-order valence-corrected chi connectivity index (χ0v) is 10.3. The van der Waals surface area contributed by atoms with Crippen LogP contribution in [0.1, 0.15) is 11.7 Å². The Morgan fingerprint density at radius 1 is 1.47 bits per heavy atom. The Morgan fingerprint density at radius 3 is 2.82 bits per heavy atom. The third kappa shape index (κ3) is 2.78. The summed E-state index contributed by atoms with van der Waals surface area (Å²) in [6.07, 6.45) is 3.39. The second kappa shape index (κ2) is 5.21. The second-order valence-electron chi connectivity index (χ2n) is 3.72. The predicted molar refractivity (Wildman–Crippen MR) is 67.1 cm³/mol. The van der Waals surface area contributed by atoms with Gasteiger partial charge in [0, 0.05) is 25.4 Å². The highest BCUT2D eigenvalue weighted by Crippen LogP contribution is 2.28. The van der Waals surface area contributed by atoms with Gasteiger partial charge < -0.3 is 10.5 Å². The van der Waals surface area contributed by atoms with Gasteiger partial charge >= 0.3 is 0 Å². The van der Waals surface area contributed by atoms with Crippen LogP contribution in [0.4, 0.5) is 0 Å². The summed E-state index contributed by atoms with van der Waals surface area (Å²) in [5.74, 6) is 0.633. The standard InChI is InChI=1S/C12H14ClN3O/c1-16-8-9(7-15-16)12(6-14)17-11-5-3-2-4-10(11)13/h2-5,7-8,12H,6,14H2,1H3. The normalized spacial score (nSPS) is 12.4. The molecule has 2 N–H and O–H groups in total. The molecule has 0 radical (unpaired) electrons. The van der Waals surface area contributed by atoms with Crippen molar-refractivity contribution in [1.29, 1.82) is 0 Å². The van der Waals surface area contributed by atoms with Crippen LogP contribution in [0.2, 0.25) is 5.02 Å². The zero-order valence-electron chi connectivity index (χ0n) is 9.51. The number of aryl methyl sites for hydroxylation is 1. The minimum absolute atomic E-state index is 0.233. The van der Waals surface area contributed by atoms with E-state index in [-0.39, 0.29) is 6.10 Å². The summed E-state index contributed by atoms with van der Waals surface area (Å²) in [4.78, 5) is 0. The highest BCUT2D eigenvalue weighted by Gasteiger charge is 2.14. The molecular weight excluding hydrogens is 238 g/mol. The first-order chi connectivity index (χ1) is 8.20. The molecule has 90 valence electrons. The quantitative estimate of drug-likeness (QED) is 0.906. The average molecular weight is 252 g/mol. The third-order valence-corrected chi connectivity index (χ3v) is 2.73. The molecule has 0 amide bonds. The molecule has 17 heavy (non-hydrogen) atoms. The molecule has 0 saturated carbocycles. The number of aromatic nitrogens is 2. The van der Waals surface area contributed by atoms with E-state index < -0.39 is 0 Å². The van der Waals surface area contributed by atoms with Crippen molar-refractivity contribution >= 4 is 11.6 Å². The summed E-state index contributed by atoms with van der Waals surface area (Å²) in [6.45, 7) is 0.372. The lowest BCUT2D eigenvalue weighted by molar-refractivity contribution is 0.214. The van der Waals surface area contributed by atoms with Gasteiger partial charge in [-0.15, -0.1) is 0 Å². The van der Waals surface area contributed by atoms with Crippen LogP contribution in [0.5, 0.6) is 5.75 Å². The molecule has 0 fully saturated rings. The maximum atomic E-state index is 6.03. The lowest BCUT2D eigenvalue weighted by Gasteiger charge is -2.16.